The van der Waals surface area contributed by atoms with Crippen LogP contribution in [0.1, 0.15) is 38.4 Å². The number of esters is 1. The van der Waals surface area contributed by atoms with Gasteiger partial charge in [0.25, 0.3) is 0 Å². The van der Waals surface area contributed by atoms with Gasteiger partial charge in [-0.05, 0) is 67.1 Å². The summed E-state index contributed by atoms with van der Waals surface area (Å²) in [6.07, 6.45) is 5.09. The molecule has 3 heterocycles. The highest BCUT2D eigenvalue weighted by Gasteiger charge is 2.47. The van der Waals surface area contributed by atoms with Gasteiger partial charge in [-0.2, -0.15) is 0 Å². The maximum atomic E-state index is 13.3. The second-order valence-electron chi connectivity index (χ2n) is 9.87. The fourth-order valence-electron chi connectivity index (χ4n) is 5.33. The van der Waals surface area contributed by atoms with Crippen LogP contribution < -0.4 is 4.90 Å². The molecule has 1 aliphatic heterocycles. The predicted molar refractivity (Wildman–Crippen MR) is 156 cm³/mol. The summed E-state index contributed by atoms with van der Waals surface area (Å²) in [7, 11) is 0. The number of thiophene rings is 1. The number of carbonyl (C=O) groups is 4. The molecule has 9 heteroatoms. The number of rotatable bonds is 6. The molecule has 2 unspecified atom stereocenters. The molecule has 0 N–H and O–H groups in total. The number of aryl methyl sites for hydroxylation is 1. The zero-order valence-electron chi connectivity index (χ0n) is 21.4. The van der Waals surface area contributed by atoms with Crippen LogP contribution >= 0.6 is 27.3 Å². The van der Waals surface area contributed by atoms with Crippen molar-refractivity contribution in [3.8, 4) is 11.3 Å². The third-order valence-corrected chi connectivity index (χ3v) is 8.72. The van der Waals surface area contributed by atoms with Crippen molar-refractivity contribution in [1.29, 1.82) is 0 Å². The highest BCUT2D eigenvalue weighted by molar-refractivity contribution is 9.10. The van der Waals surface area contributed by atoms with Crippen molar-refractivity contribution in [2.24, 2.45) is 11.8 Å². The summed E-state index contributed by atoms with van der Waals surface area (Å²) in [6, 6.07) is 15.9. The van der Waals surface area contributed by atoms with Crippen LogP contribution in [0.3, 0.4) is 0 Å². The Bertz CT molecular complexity index is 1690. The van der Waals surface area contributed by atoms with Crippen LogP contribution in [0.5, 0.6) is 0 Å². The van der Waals surface area contributed by atoms with Crippen molar-refractivity contribution in [3.05, 3.63) is 92.6 Å². The molecular formula is C31H23BrN2O5S. The summed E-state index contributed by atoms with van der Waals surface area (Å²) >= 11 is 4.79. The van der Waals surface area contributed by atoms with Gasteiger partial charge in [-0.1, -0.05) is 46.3 Å². The Labute approximate surface area is 242 Å². The molecule has 1 saturated heterocycles. The number of hydrogen-bond acceptors (Lipinski definition) is 7. The molecule has 6 rings (SSSR count). The summed E-state index contributed by atoms with van der Waals surface area (Å²) in [4.78, 5) is 58.3. The summed E-state index contributed by atoms with van der Waals surface area (Å²) in [6.45, 7) is 1.54. The van der Waals surface area contributed by atoms with Crippen molar-refractivity contribution in [2.75, 3.05) is 11.5 Å². The van der Waals surface area contributed by atoms with Crippen LogP contribution in [-0.2, 0) is 14.3 Å². The van der Waals surface area contributed by atoms with Crippen molar-refractivity contribution < 1.29 is 23.9 Å². The van der Waals surface area contributed by atoms with E-state index >= 15 is 0 Å². The molecule has 0 saturated carbocycles. The van der Waals surface area contributed by atoms with Crippen LogP contribution in [0.25, 0.3) is 22.2 Å². The lowest BCUT2D eigenvalue weighted by Crippen LogP contribution is -2.30. The van der Waals surface area contributed by atoms with E-state index in [1.165, 1.54) is 16.2 Å². The van der Waals surface area contributed by atoms with E-state index in [0.29, 0.717) is 45.6 Å². The number of benzene rings is 2. The Balaban J connectivity index is 1.32. The molecule has 2 aromatic carbocycles. The number of allylic oxidation sites excluding steroid dienone is 2. The van der Waals surface area contributed by atoms with Crippen LogP contribution in [0, 0.1) is 18.8 Å². The second-order valence-corrected chi connectivity index (χ2v) is 11.7. The standard InChI is InChI=1S/C31H23BrN2O5S/c1-17-13-19(32)14-23-24(31(38)39-16-26(35)27-7-4-12-40-27)15-25(33-28(17)23)18-8-10-20(11-9-18)34-29(36)21-5-2-3-6-22(21)30(34)37/h2-4,7-15,21-22H,5-6,16H2,1H3. The minimum atomic E-state index is -0.628. The van der Waals surface area contributed by atoms with Gasteiger partial charge in [0.15, 0.2) is 6.61 Å². The summed E-state index contributed by atoms with van der Waals surface area (Å²) in [5.74, 6) is -1.84. The average Bonchev–Trinajstić information content (AvgIpc) is 3.59. The number of Topliss-reactive ketones (excluding diaryl/α,β-unsaturated/α-hetero) is 1. The van der Waals surface area contributed by atoms with Crippen LogP contribution in [0.4, 0.5) is 5.69 Å². The van der Waals surface area contributed by atoms with Crippen LogP contribution in [0.15, 0.2) is 76.6 Å². The smallest absolute Gasteiger partial charge is 0.339 e. The van der Waals surface area contributed by atoms with Gasteiger partial charge in [-0.15, -0.1) is 11.3 Å². The number of ketones is 1. The number of halogens is 1. The Hall–Kier alpha value is -3.95. The Morgan fingerprint density at radius 1 is 1.02 bits per heavy atom. The largest absolute Gasteiger partial charge is 0.454 e. The zero-order chi connectivity index (χ0) is 28.0. The van der Waals surface area contributed by atoms with Crippen LogP contribution in [0.2, 0.25) is 0 Å². The molecule has 1 fully saturated rings. The number of carbonyl (C=O) groups excluding carboxylic acids is 4. The van der Waals surface area contributed by atoms with E-state index in [-0.39, 0.29) is 41.6 Å². The predicted octanol–water partition coefficient (Wildman–Crippen LogP) is 6.53. The molecule has 1 aliphatic carbocycles. The van der Waals surface area contributed by atoms with Gasteiger partial charge >= 0.3 is 5.97 Å². The first-order valence-corrected chi connectivity index (χ1v) is 14.5. The lowest BCUT2D eigenvalue weighted by molar-refractivity contribution is -0.122. The fraction of sp³-hybridized carbons (Fsp3) is 0.194. The van der Waals surface area contributed by atoms with Gasteiger partial charge in [0, 0.05) is 15.4 Å². The van der Waals surface area contributed by atoms with Gasteiger partial charge in [-0.3, -0.25) is 19.3 Å². The number of hydrogen-bond donors (Lipinski definition) is 0. The monoisotopic (exact) mass is 614 g/mol. The Morgan fingerprint density at radius 3 is 2.38 bits per heavy atom. The quantitative estimate of drug-likeness (QED) is 0.106. The van der Waals surface area contributed by atoms with E-state index < -0.39 is 5.97 Å². The first kappa shape index (κ1) is 26.3. The number of pyridine rings is 1. The number of anilines is 1. The van der Waals surface area contributed by atoms with Crippen LogP contribution in [-0.4, -0.2) is 35.2 Å². The summed E-state index contributed by atoms with van der Waals surface area (Å²) in [5.41, 5.74) is 3.52. The molecule has 0 bridgehead atoms. The Morgan fingerprint density at radius 2 is 1.73 bits per heavy atom. The molecule has 200 valence electrons. The third-order valence-electron chi connectivity index (χ3n) is 7.35. The van der Waals surface area contributed by atoms with E-state index in [0.717, 1.165) is 10.0 Å². The fourth-order valence-corrected chi connectivity index (χ4v) is 6.55. The Kier molecular flexibility index (Phi) is 6.93. The highest BCUT2D eigenvalue weighted by Crippen LogP contribution is 2.38. The maximum Gasteiger partial charge on any atom is 0.339 e. The summed E-state index contributed by atoms with van der Waals surface area (Å²) in [5, 5.41) is 2.40. The van der Waals surface area contributed by atoms with Gasteiger partial charge in [0.05, 0.1) is 39.2 Å². The SMILES string of the molecule is Cc1cc(Br)cc2c(C(=O)OCC(=O)c3cccs3)cc(-c3ccc(N4C(=O)C5CC=CCC5C4=O)cc3)nc12. The molecule has 7 nitrogen and oxygen atoms in total. The molecule has 40 heavy (non-hydrogen) atoms. The number of aromatic nitrogens is 1. The van der Waals surface area contributed by atoms with Crippen molar-refractivity contribution in [2.45, 2.75) is 19.8 Å². The van der Waals surface area contributed by atoms with E-state index in [9.17, 15) is 19.2 Å². The minimum Gasteiger partial charge on any atom is -0.454 e. The summed E-state index contributed by atoms with van der Waals surface area (Å²) < 4.78 is 6.23. The van der Waals surface area contributed by atoms with Crippen molar-refractivity contribution in [3.63, 3.8) is 0 Å². The third kappa shape index (κ3) is 4.69. The van der Waals surface area contributed by atoms with E-state index in [2.05, 4.69) is 15.9 Å². The maximum absolute atomic E-state index is 13.3. The molecule has 2 amide bonds. The lowest BCUT2D eigenvalue weighted by atomic mass is 9.85. The van der Waals surface area contributed by atoms with E-state index in [1.807, 2.05) is 25.1 Å². The highest BCUT2D eigenvalue weighted by atomic mass is 79.9. The topological polar surface area (TPSA) is 93.6 Å². The molecule has 0 radical (unpaired) electrons. The van der Waals surface area contributed by atoms with Gasteiger partial charge < -0.3 is 4.74 Å². The molecular weight excluding hydrogens is 592 g/mol. The molecule has 2 aromatic heterocycles. The van der Waals surface area contributed by atoms with E-state index in [1.54, 1.807) is 53.9 Å². The number of fused-ring (bicyclic) bond motifs is 2. The zero-order valence-corrected chi connectivity index (χ0v) is 23.8. The normalized spacial score (nSPS) is 18.3. The number of imide groups is 1. The first-order valence-electron chi connectivity index (χ1n) is 12.8. The molecule has 0 spiro atoms. The van der Waals surface area contributed by atoms with Gasteiger partial charge in [0.1, 0.15) is 0 Å². The van der Waals surface area contributed by atoms with Crippen molar-refractivity contribution >= 4 is 67.4 Å². The average molecular weight is 616 g/mol. The minimum absolute atomic E-state index is 0.167. The van der Waals surface area contributed by atoms with E-state index in [4.69, 9.17) is 9.72 Å². The van der Waals surface area contributed by atoms with Crippen molar-refractivity contribution in [1.82, 2.24) is 4.98 Å². The number of ether oxygens (including phenoxy) is 1. The number of amides is 2. The molecule has 4 aromatic rings. The molecule has 2 atom stereocenters. The lowest BCUT2D eigenvalue weighted by Gasteiger charge is -2.16. The number of nitrogens with zero attached hydrogens (tertiary/aromatic N) is 2. The first-order chi connectivity index (χ1) is 19.3. The molecule has 2 aliphatic rings. The second kappa shape index (κ2) is 10.6. The van der Waals surface area contributed by atoms with Gasteiger partial charge in [0.2, 0.25) is 17.6 Å². The van der Waals surface area contributed by atoms with Gasteiger partial charge in [-0.25, -0.2) is 9.78 Å².